The SMILES string of the molecule is O=[N+]([O-])c1cc(F)ccc1NCCC1=CCCCC1. The summed E-state index contributed by atoms with van der Waals surface area (Å²) in [6, 6.07) is 3.60. The van der Waals surface area contributed by atoms with Gasteiger partial charge in [0.25, 0.3) is 5.69 Å². The van der Waals surface area contributed by atoms with Crippen molar-refractivity contribution < 1.29 is 9.31 Å². The lowest BCUT2D eigenvalue weighted by molar-refractivity contribution is -0.384. The van der Waals surface area contributed by atoms with Crippen molar-refractivity contribution in [3.05, 3.63) is 45.8 Å². The fraction of sp³-hybridized carbons (Fsp3) is 0.429. The predicted octanol–water partition coefficient (Wildman–Crippen LogP) is 4.04. The topological polar surface area (TPSA) is 55.2 Å². The van der Waals surface area contributed by atoms with Crippen molar-refractivity contribution >= 4 is 11.4 Å². The summed E-state index contributed by atoms with van der Waals surface area (Å²) in [6.45, 7) is 0.637. The Morgan fingerprint density at radius 1 is 1.37 bits per heavy atom. The summed E-state index contributed by atoms with van der Waals surface area (Å²) in [5.41, 5.74) is 1.57. The molecule has 0 amide bonds. The molecule has 1 aliphatic carbocycles. The van der Waals surface area contributed by atoms with Crippen molar-refractivity contribution in [2.24, 2.45) is 0 Å². The van der Waals surface area contributed by atoms with E-state index in [-0.39, 0.29) is 5.69 Å². The molecule has 0 unspecified atom stereocenters. The van der Waals surface area contributed by atoms with Gasteiger partial charge in [-0.15, -0.1) is 0 Å². The van der Waals surface area contributed by atoms with E-state index in [9.17, 15) is 14.5 Å². The van der Waals surface area contributed by atoms with Crippen molar-refractivity contribution in [3.8, 4) is 0 Å². The molecule has 0 spiro atoms. The molecule has 1 aromatic carbocycles. The number of nitro benzene ring substituents is 1. The lowest BCUT2D eigenvalue weighted by atomic mass is 9.97. The first-order valence-electron chi connectivity index (χ1n) is 6.52. The van der Waals surface area contributed by atoms with E-state index < -0.39 is 10.7 Å². The molecular weight excluding hydrogens is 247 g/mol. The van der Waals surface area contributed by atoms with Gasteiger partial charge in [0.15, 0.2) is 0 Å². The maximum Gasteiger partial charge on any atom is 0.295 e. The van der Waals surface area contributed by atoms with Crippen molar-refractivity contribution in [2.45, 2.75) is 32.1 Å². The van der Waals surface area contributed by atoms with Crippen LogP contribution in [0.2, 0.25) is 0 Å². The minimum atomic E-state index is -0.591. The van der Waals surface area contributed by atoms with Crippen molar-refractivity contribution in [2.75, 3.05) is 11.9 Å². The molecule has 0 saturated heterocycles. The highest BCUT2D eigenvalue weighted by molar-refractivity contribution is 5.61. The third-order valence-corrected chi connectivity index (χ3v) is 3.30. The van der Waals surface area contributed by atoms with Crippen molar-refractivity contribution in [1.82, 2.24) is 0 Å². The van der Waals surface area contributed by atoms with Gasteiger partial charge < -0.3 is 5.32 Å². The molecule has 0 heterocycles. The minimum absolute atomic E-state index is 0.211. The van der Waals surface area contributed by atoms with E-state index in [0.717, 1.165) is 25.3 Å². The summed E-state index contributed by atoms with van der Waals surface area (Å²) in [7, 11) is 0. The first-order valence-corrected chi connectivity index (χ1v) is 6.52. The number of nitrogens with zero attached hydrogens (tertiary/aromatic N) is 1. The Morgan fingerprint density at radius 3 is 2.89 bits per heavy atom. The lowest BCUT2D eigenvalue weighted by Gasteiger charge is -2.13. The molecule has 0 saturated carbocycles. The van der Waals surface area contributed by atoms with Crippen LogP contribution in [0.25, 0.3) is 0 Å². The number of benzene rings is 1. The normalized spacial score (nSPS) is 14.9. The number of anilines is 1. The highest BCUT2D eigenvalue weighted by atomic mass is 19.1. The molecule has 2 rings (SSSR count). The second-order valence-electron chi connectivity index (χ2n) is 4.70. The number of halogens is 1. The zero-order valence-corrected chi connectivity index (χ0v) is 10.7. The number of nitrogens with one attached hydrogen (secondary N) is 1. The predicted molar refractivity (Wildman–Crippen MR) is 72.7 cm³/mol. The first-order chi connectivity index (χ1) is 9.16. The molecule has 0 bridgehead atoms. The molecule has 1 aliphatic rings. The van der Waals surface area contributed by atoms with Crippen LogP contribution in [0.3, 0.4) is 0 Å². The van der Waals surface area contributed by atoms with Gasteiger partial charge in [0, 0.05) is 6.54 Å². The Morgan fingerprint density at radius 2 is 2.21 bits per heavy atom. The van der Waals surface area contributed by atoms with Gasteiger partial charge in [0.05, 0.1) is 11.0 Å². The standard InChI is InChI=1S/C14H17FN2O2/c15-12-6-7-13(14(10-12)17(18)19)16-9-8-11-4-2-1-3-5-11/h4,6-7,10,16H,1-3,5,8-9H2. The van der Waals surface area contributed by atoms with Gasteiger partial charge in [0.2, 0.25) is 0 Å². The molecule has 0 fully saturated rings. The van der Waals surface area contributed by atoms with Gasteiger partial charge in [-0.05, 0) is 44.2 Å². The Kier molecular flexibility index (Phi) is 4.49. The maximum atomic E-state index is 13.0. The van der Waals surface area contributed by atoms with Crippen LogP contribution in [-0.2, 0) is 0 Å². The van der Waals surface area contributed by atoms with E-state index in [1.165, 1.54) is 30.5 Å². The van der Waals surface area contributed by atoms with Gasteiger partial charge >= 0.3 is 0 Å². The molecule has 0 aromatic heterocycles. The summed E-state index contributed by atoms with van der Waals surface area (Å²) >= 11 is 0. The molecule has 1 N–H and O–H groups in total. The Labute approximate surface area is 111 Å². The Bertz CT molecular complexity index is 500. The van der Waals surface area contributed by atoms with Crippen LogP contribution in [0.4, 0.5) is 15.8 Å². The molecule has 1 aromatic rings. The Balaban J connectivity index is 1.95. The van der Waals surface area contributed by atoms with Gasteiger partial charge in [-0.3, -0.25) is 10.1 Å². The monoisotopic (exact) mass is 264 g/mol. The van der Waals surface area contributed by atoms with Gasteiger partial charge in [-0.1, -0.05) is 11.6 Å². The van der Waals surface area contributed by atoms with Crippen molar-refractivity contribution in [3.63, 3.8) is 0 Å². The van der Waals surface area contributed by atoms with E-state index in [4.69, 9.17) is 0 Å². The smallest absolute Gasteiger partial charge is 0.295 e. The quantitative estimate of drug-likeness (QED) is 0.496. The zero-order valence-electron chi connectivity index (χ0n) is 10.7. The van der Waals surface area contributed by atoms with Crippen molar-refractivity contribution in [1.29, 1.82) is 0 Å². The molecule has 102 valence electrons. The summed E-state index contributed by atoms with van der Waals surface area (Å²) in [5.74, 6) is -0.591. The summed E-state index contributed by atoms with van der Waals surface area (Å²) in [6.07, 6.45) is 7.86. The average molecular weight is 264 g/mol. The molecule has 19 heavy (non-hydrogen) atoms. The maximum absolute atomic E-state index is 13.0. The molecular formula is C14H17FN2O2. The third kappa shape index (κ3) is 3.77. The number of nitro groups is 1. The molecule has 4 nitrogen and oxygen atoms in total. The summed E-state index contributed by atoms with van der Waals surface area (Å²) < 4.78 is 13.0. The van der Waals surface area contributed by atoms with Gasteiger partial charge in [-0.2, -0.15) is 0 Å². The van der Waals surface area contributed by atoms with E-state index in [0.29, 0.717) is 12.2 Å². The van der Waals surface area contributed by atoms with Gasteiger partial charge in [-0.25, -0.2) is 4.39 Å². The molecule has 5 heteroatoms. The first kappa shape index (κ1) is 13.5. The fourth-order valence-electron chi connectivity index (χ4n) is 2.29. The Hall–Kier alpha value is -1.91. The van der Waals surface area contributed by atoms with E-state index in [1.807, 2.05) is 0 Å². The highest BCUT2D eigenvalue weighted by Gasteiger charge is 2.14. The van der Waals surface area contributed by atoms with Crippen LogP contribution in [0.1, 0.15) is 32.1 Å². The minimum Gasteiger partial charge on any atom is -0.379 e. The second kappa shape index (κ2) is 6.31. The summed E-state index contributed by atoms with van der Waals surface area (Å²) in [5, 5.41) is 13.8. The van der Waals surface area contributed by atoms with Crippen LogP contribution in [0.15, 0.2) is 29.8 Å². The van der Waals surface area contributed by atoms with E-state index >= 15 is 0 Å². The zero-order chi connectivity index (χ0) is 13.7. The number of rotatable bonds is 5. The van der Waals surface area contributed by atoms with E-state index in [1.54, 1.807) is 0 Å². The fourth-order valence-corrected chi connectivity index (χ4v) is 2.29. The van der Waals surface area contributed by atoms with Crippen LogP contribution in [-0.4, -0.2) is 11.5 Å². The molecule has 0 radical (unpaired) electrons. The van der Waals surface area contributed by atoms with Gasteiger partial charge in [0.1, 0.15) is 11.5 Å². The average Bonchev–Trinajstić information content (AvgIpc) is 2.41. The molecule has 0 aliphatic heterocycles. The number of hydrogen-bond donors (Lipinski definition) is 1. The highest BCUT2D eigenvalue weighted by Crippen LogP contribution is 2.26. The third-order valence-electron chi connectivity index (χ3n) is 3.30. The van der Waals surface area contributed by atoms with E-state index in [2.05, 4.69) is 11.4 Å². The number of hydrogen-bond acceptors (Lipinski definition) is 3. The van der Waals surface area contributed by atoms with Crippen LogP contribution >= 0.6 is 0 Å². The lowest BCUT2D eigenvalue weighted by Crippen LogP contribution is -2.06. The molecule has 0 atom stereocenters. The van der Waals surface area contributed by atoms with Crippen LogP contribution < -0.4 is 5.32 Å². The van der Waals surface area contributed by atoms with Crippen LogP contribution in [0.5, 0.6) is 0 Å². The largest absolute Gasteiger partial charge is 0.379 e. The van der Waals surface area contributed by atoms with Crippen LogP contribution in [0, 0.1) is 15.9 Å². The second-order valence-corrected chi connectivity index (χ2v) is 4.70. The summed E-state index contributed by atoms with van der Waals surface area (Å²) in [4.78, 5) is 10.3. The number of allylic oxidation sites excluding steroid dienone is 1.